The van der Waals surface area contributed by atoms with Crippen LogP contribution in [0.5, 0.6) is 0 Å². The Morgan fingerprint density at radius 3 is 2.67 bits per heavy atom. The topological polar surface area (TPSA) is 26.0 Å². The molecule has 0 spiro atoms. The van der Waals surface area contributed by atoms with Crippen molar-refractivity contribution in [3.63, 3.8) is 0 Å². The predicted molar refractivity (Wildman–Crippen MR) is 67.5 cm³/mol. The summed E-state index contributed by atoms with van der Waals surface area (Å²) in [6.07, 6.45) is 2.26. The number of rotatable bonds is 0. The number of fused-ring (bicyclic) bond motifs is 1. The van der Waals surface area contributed by atoms with E-state index in [9.17, 15) is 0 Å². The van der Waals surface area contributed by atoms with Crippen molar-refractivity contribution in [3.8, 4) is 0 Å². The van der Waals surface area contributed by atoms with E-state index in [0.717, 1.165) is 12.8 Å². The highest BCUT2D eigenvalue weighted by Gasteiger charge is 2.29. The first-order valence-electron chi connectivity index (χ1n) is 5.33. The average molecular weight is 226 g/mol. The molecule has 1 aliphatic carbocycles. The molecule has 2 heteroatoms. The van der Waals surface area contributed by atoms with Crippen LogP contribution >= 0.6 is 12.4 Å². The molecule has 0 heterocycles. The Kier molecular flexibility index (Phi) is 3.47. The highest BCUT2D eigenvalue weighted by Crippen LogP contribution is 2.39. The van der Waals surface area contributed by atoms with E-state index >= 15 is 0 Å². The van der Waals surface area contributed by atoms with Crippen LogP contribution in [0.4, 0.5) is 0 Å². The largest absolute Gasteiger partial charge is 0.324 e. The van der Waals surface area contributed by atoms with E-state index in [0.29, 0.717) is 5.41 Å². The fourth-order valence-corrected chi connectivity index (χ4v) is 2.51. The van der Waals surface area contributed by atoms with E-state index in [1.807, 2.05) is 0 Å². The van der Waals surface area contributed by atoms with Gasteiger partial charge in [-0.15, -0.1) is 12.4 Å². The van der Waals surface area contributed by atoms with E-state index in [-0.39, 0.29) is 18.4 Å². The lowest BCUT2D eigenvalue weighted by molar-refractivity contribution is 0.283. The first kappa shape index (κ1) is 12.5. The summed E-state index contributed by atoms with van der Waals surface area (Å²) >= 11 is 0. The molecular formula is C13H20ClN. The Morgan fingerprint density at radius 1 is 1.33 bits per heavy atom. The number of aryl methyl sites for hydroxylation is 1. The molecule has 0 fully saturated rings. The van der Waals surface area contributed by atoms with Crippen molar-refractivity contribution in [1.82, 2.24) is 0 Å². The van der Waals surface area contributed by atoms with Gasteiger partial charge in [0.05, 0.1) is 0 Å². The minimum Gasteiger partial charge on any atom is -0.324 e. The summed E-state index contributed by atoms with van der Waals surface area (Å²) in [6, 6.07) is 6.90. The molecule has 0 saturated carbocycles. The van der Waals surface area contributed by atoms with Crippen molar-refractivity contribution in [2.75, 3.05) is 0 Å². The molecule has 0 radical (unpaired) electrons. The van der Waals surface area contributed by atoms with Crippen molar-refractivity contribution in [2.45, 2.75) is 39.7 Å². The summed E-state index contributed by atoms with van der Waals surface area (Å²) in [7, 11) is 0. The minimum absolute atomic E-state index is 0. The van der Waals surface area contributed by atoms with Crippen molar-refractivity contribution < 1.29 is 0 Å². The van der Waals surface area contributed by atoms with Crippen molar-refractivity contribution in [2.24, 2.45) is 11.1 Å². The molecule has 15 heavy (non-hydrogen) atoms. The smallest absolute Gasteiger partial charge is 0.0302 e. The van der Waals surface area contributed by atoms with Crippen LogP contribution in [0.1, 0.15) is 43.0 Å². The van der Waals surface area contributed by atoms with Crippen LogP contribution in [0.2, 0.25) is 0 Å². The van der Waals surface area contributed by atoms with Crippen LogP contribution < -0.4 is 5.73 Å². The monoisotopic (exact) mass is 225 g/mol. The zero-order valence-corrected chi connectivity index (χ0v) is 10.5. The van der Waals surface area contributed by atoms with Gasteiger partial charge in [0.15, 0.2) is 0 Å². The molecule has 0 aromatic heterocycles. The normalized spacial score (nSPS) is 22.8. The molecule has 0 unspecified atom stereocenters. The molecule has 0 aliphatic heterocycles. The second-order valence-corrected chi connectivity index (χ2v) is 5.35. The van der Waals surface area contributed by atoms with E-state index < -0.39 is 0 Å². The molecule has 84 valence electrons. The summed E-state index contributed by atoms with van der Waals surface area (Å²) in [5.41, 5.74) is 10.7. The van der Waals surface area contributed by atoms with Gasteiger partial charge >= 0.3 is 0 Å². The first-order valence-corrected chi connectivity index (χ1v) is 5.33. The van der Waals surface area contributed by atoms with E-state index in [2.05, 4.69) is 39.0 Å². The third-order valence-corrected chi connectivity index (χ3v) is 3.14. The maximum absolute atomic E-state index is 6.19. The molecule has 0 saturated heterocycles. The Balaban J connectivity index is 0.00000112. The summed E-state index contributed by atoms with van der Waals surface area (Å²) in [5, 5.41) is 0. The number of nitrogens with two attached hydrogens (primary N) is 1. The van der Waals surface area contributed by atoms with Gasteiger partial charge < -0.3 is 5.73 Å². The van der Waals surface area contributed by atoms with Gasteiger partial charge in [-0.25, -0.2) is 0 Å². The van der Waals surface area contributed by atoms with Gasteiger partial charge in [-0.1, -0.05) is 37.6 Å². The molecule has 2 N–H and O–H groups in total. The fraction of sp³-hybridized carbons (Fsp3) is 0.538. The summed E-state index contributed by atoms with van der Waals surface area (Å²) in [6.45, 7) is 6.73. The van der Waals surface area contributed by atoms with Crippen LogP contribution in [0.3, 0.4) is 0 Å². The maximum atomic E-state index is 6.19. The quantitative estimate of drug-likeness (QED) is 0.720. The molecule has 0 amide bonds. The lowest BCUT2D eigenvalue weighted by Crippen LogP contribution is -2.29. The zero-order valence-electron chi connectivity index (χ0n) is 9.71. The molecule has 1 nitrogen and oxygen atoms in total. The van der Waals surface area contributed by atoms with Gasteiger partial charge in [0, 0.05) is 6.04 Å². The van der Waals surface area contributed by atoms with Gasteiger partial charge in [0.25, 0.3) is 0 Å². The van der Waals surface area contributed by atoms with E-state index in [1.165, 1.54) is 16.7 Å². The second-order valence-electron chi connectivity index (χ2n) is 5.35. The SMILES string of the molecule is Cc1ccc2c(c1)[C@@H](N)CC(C)(C)C2.Cl. The van der Waals surface area contributed by atoms with Gasteiger partial charge in [0.2, 0.25) is 0 Å². The van der Waals surface area contributed by atoms with Gasteiger partial charge in [0.1, 0.15) is 0 Å². The van der Waals surface area contributed by atoms with Crippen LogP contribution in [0, 0.1) is 12.3 Å². The molecule has 1 aliphatic rings. The third-order valence-electron chi connectivity index (χ3n) is 3.14. The fourth-order valence-electron chi connectivity index (χ4n) is 2.51. The summed E-state index contributed by atoms with van der Waals surface area (Å²) in [4.78, 5) is 0. The second kappa shape index (κ2) is 4.15. The molecule has 2 rings (SSSR count). The lowest BCUT2D eigenvalue weighted by Gasteiger charge is -2.35. The number of benzene rings is 1. The number of hydrogen-bond acceptors (Lipinski definition) is 1. The average Bonchev–Trinajstić information content (AvgIpc) is 2.05. The van der Waals surface area contributed by atoms with Crippen LogP contribution in [0.15, 0.2) is 18.2 Å². The van der Waals surface area contributed by atoms with Gasteiger partial charge in [-0.2, -0.15) is 0 Å². The number of halogens is 1. The van der Waals surface area contributed by atoms with E-state index in [4.69, 9.17) is 5.73 Å². The molecule has 0 bridgehead atoms. The van der Waals surface area contributed by atoms with Crippen molar-refractivity contribution in [3.05, 3.63) is 34.9 Å². The molecule has 1 aromatic carbocycles. The van der Waals surface area contributed by atoms with Gasteiger partial charge in [-0.05, 0) is 36.3 Å². The van der Waals surface area contributed by atoms with Crippen LogP contribution in [0.25, 0.3) is 0 Å². The number of hydrogen-bond donors (Lipinski definition) is 1. The Bertz CT molecular complexity index is 358. The highest BCUT2D eigenvalue weighted by molar-refractivity contribution is 5.85. The molecular weight excluding hydrogens is 206 g/mol. The van der Waals surface area contributed by atoms with Crippen LogP contribution in [-0.2, 0) is 6.42 Å². The Labute approximate surface area is 98.5 Å². The molecule has 1 atom stereocenters. The van der Waals surface area contributed by atoms with Crippen LogP contribution in [-0.4, -0.2) is 0 Å². The first-order chi connectivity index (χ1) is 6.48. The maximum Gasteiger partial charge on any atom is 0.0302 e. The lowest BCUT2D eigenvalue weighted by atomic mass is 9.72. The Hall–Kier alpha value is -0.530. The minimum atomic E-state index is 0. The predicted octanol–water partition coefficient (Wildman–Crippen LogP) is 3.39. The Morgan fingerprint density at radius 2 is 2.00 bits per heavy atom. The van der Waals surface area contributed by atoms with E-state index in [1.54, 1.807) is 0 Å². The van der Waals surface area contributed by atoms with Crippen molar-refractivity contribution >= 4 is 12.4 Å². The van der Waals surface area contributed by atoms with Crippen molar-refractivity contribution in [1.29, 1.82) is 0 Å². The standard InChI is InChI=1S/C13H19N.ClH/c1-9-4-5-10-7-13(2,3)8-12(14)11(10)6-9;/h4-6,12H,7-8,14H2,1-3H3;1H/t12-;/m0./s1. The highest BCUT2D eigenvalue weighted by atomic mass is 35.5. The van der Waals surface area contributed by atoms with Gasteiger partial charge in [-0.3, -0.25) is 0 Å². The summed E-state index contributed by atoms with van der Waals surface area (Å²) < 4.78 is 0. The zero-order chi connectivity index (χ0) is 10.3. The summed E-state index contributed by atoms with van der Waals surface area (Å²) in [5.74, 6) is 0. The molecule has 1 aromatic rings. The third kappa shape index (κ3) is 2.53.